The van der Waals surface area contributed by atoms with Gasteiger partial charge in [-0.3, -0.25) is 19.8 Å². The van der Waals surface area contributed by atoms with Crippen LogP contribution in [0.3, 0.4) is 0 Å². The maximum Gasteiger partial charge on any atom is 0.269 e. The Hall–Kier alpha value is -5.05. The molecule has 0 spiro atoms. The van der Waals surface area contributed by atoms with Gasteiger partial charge in [0.2, 0.25) is 6.41 Å². The highest BCUT2D eigenvalue weighted by molar-refractivity contribution is 6.41. The largest absolute Gasteiger partial charge is 0.495 e. The van der Waals surface area contributed by atoms with Crippen LogP contribution in [0.5, 0.6) is 17.2 Å². The molecule has 1 unspecified atom stereocenters. The molecule has 3 aromatic carbocycles. The second kappa shape index (κ2) is 18.3. The summed E-state index contributed by atoms with van der Waals surface area (Å²) in [5.41, 5.74) is 3.25. The van der Waals surface area contributed by atoms with E-state index in [-0.39, 0.29) is 12.2 Å². The molecule has 2 aliphatic rings. The second-order valence-corrected chi connectivity index (χ2v) is 11.9. The number of methoxy groups -OCH3 is 2. The normalized spacial score (nSPS) is 14.5. The summed E-state index contributed by atoms with van der Waals surface area (Å²) < 4.78 is 16.2. The number of carbonyl (C=O) groups excluding carboxylic acids is 1. The van der Waals surface area contributed by atoms with Crippen molar-refractivity contribution in [3.8, 4) is 17.2 Å². The van der Waals surface area contributed by atoms with Gasteiger partial charge in [0.1, 0.15) is 51.9 Å². The molecular weight excluding hydrogens is 699 g/mol. The lowest BCUT2D eigenvalue weighted by Gasteiger charge is -2.44. The summed E-state index contributed by atoms with van der Waals surface area (Å²) in [7, 11) is 6.93. The number of nitrogens with one attached hydrogen (secondary N) is 2. The van der Waals surface area contributed by atoms with Crippen LogP contribution in [0.15, 0.2) is 60.9 Å². The Kier molecular flexibility index (Phi) is 13.9. The standard InChI is InChI=1S/C24H25N7O4.C9H11Cl2NO2.C2H6/c1-28-8-9-30-20(13-28)14-35-22-10-18(4-7-21(22)30)27-23-11-24(26-15-25-23)29(16-32)12-17-2-5-19(6-3-17)31(33)34;1-12-9-7(10)5(13-2)4-6(14-3)8(9)11;1-2/h2-7,10-11,15-16,20H,8-9,12-14H2,1H3,(H,25,26,27);4,12H,1-3H3;1-2H3. The van der Waals surface area contributed by atoms with Crippen molar-refractivity contribution in [1.29, 1.82) is 0 Å². The molecule has 0 radical (unpaired) electrons. The van der Waals surface area contributed by atoms with Crippen molar-refractivity contribution in [3.05, 3.63) is 86.6 Å². The number of ether oxygens (including phenoxy) is 3. The Balaban J connectivity index is 0.000000306. The summed E-state index contributed by atoms with van der Waals surface area (Å²) in [6, 6.07) is 15.7. The lowest BCUT2D eigenvalue weighted by molar-refractivity contribution is -0.384. The lowest BCUT2D eigenvalue weighted by Crippen LogP contribution is -2.56. The third-order valence-electron chi connectivity index (χ3n) is 8.06. The SMILES string of the molecule is CC.CN1CCN2c3ccc(Nc4cc(N(C=O)Cc5ccc([N+](=O)[O-])cc5)ncn4)cc3OCC2C1.CNc1c(Cl)c(OC)cc(OC)c1Cl. The van der Waals surface area contributed by atoms with Crippen molar-refractivity contribution in [2.45, 2.75) is 26.4 Å². The predicted molar refractivity (Wildman–Crippen MR) is 202 cm³/mol. The van der Waals surface area contributed by atoms with E-state index in [0.717, 1.165) is 42.3 Å². The first-order valence-electron chi connectivity index (χ1n) is 16.2. The highest BCUT2D eigenvalue weighted by atomic mass is 35.5. The number of halogens is 2. The molecule has 1 saturated heterocycles. The summed E-state index contributed by atoms with van der Waals surface area (Å²) in [6.07, 6.45) is 2.06. The Labute approximate surface area is 307 Å². The molecule has 2 aliphatic heterocycles. The van der Waals surface area contributed by atoms with Crippen LogP contribution in [0, 0.1) is 10.1 Å². The number of carbonyl (C=O) groups is 1. The molecular formula is C35H42Cl2N8O6. The molecule has 0 saturated carbocycles. The molecule has 1 amide bonds. The van der Waals surface area contributed by atoms with Gasteiger partial charge in [-0.1, -0.05) is 49.2 Å². The molecule has 3 heterocycles. The third-order valence-corrected chi connectivity index (χ3v) is 8.81. The summed E-state index contributed by atoms with van der Waals surface area (Å²) in [5.74, 6) is 2.82. The molecule has 6 rings (SSSR count). The van der Waals surface area contributed by atoms with Gasteiger partial charge in [-0.25, -0.2) is 9.97 Å². The fraction of sp³-hybridized carbons (Fsp3) is 0.343. The van der Waals surface area contributed by atoms with Gasteiger partial charge in [0.05, 0.1) is 43.1 Å². The summed E-state index contributed by atoms with van der Waals surface area (Å²) in [6.45, 7) is 7.84. The van der Waals surface area contributed by atoms with E-state index in [2.05, 4.69) is 43.5 Å². The fourth-order valence-corrected chi connectivity index (χ4v) is 6.21. The van der Waals surface area contributed by atoms with E-state index in [1.165, 1.54) is 37.6 Å². The second-order valence-electron chi connectivity index (χ2n) is 11.2. The van der Waals surface area contributed by atoms with Crippen molar-refractivity contribution in [2.75, 3.05) is 75.0 Å². The van der Waals surface area contributed by atoms with Gasteiger partial charge in [0.15, 0.2) is 0 Å². The van der Waals surface area contributed by atoms with E-state index in [1.54, 1.807) is 31.3 Å². The first kappa shape index (κ1) is 38.7. The van der Waals surface area contributed by atoms with Crippen molar-refractivity contribution in [2.24, 2.45) is 0 Å². The number of nitro groups is 1. The van der Waals surface area contributed by atoms with Crippen molar-refractivity contribution in [1.82, 2.24) is 14.9 Å². The van der Waals surface area contributed by atoms with Crippen molar-refractivity contribution >= 4 is 64.0 Å². The number of nitro benzene ring substituents is 1. The van der Waals surface area contributed by atoms with E-state index in [1.807, 2.05) is 26.0 Å². The van der Waals surface area contributed by atoms with Crippen molar-refractivity contribution < 1.29 is 23.9 Å². The van der Waals surface area contributed by atoms with E-state index < -0.39 is 4.92 Å². The van der Waals surface area contributed by atoms with Crippen LogP contribution < -0.4 is 34.6 Å². The number of fused-ring (bicyclic) bond motifs is 3. The van der Waals surface area contributed by atoms with Crippen LogP contribution in [-0.2, 0) is 11.3 Å². The molecule has 1 aromatic heterocycles. The zero-order valence-electron chi connectivity index (χ0n) is 29.4. The van der Waals surface area contributed by atoms with Gasteiger partial charge < -0.3 is 34.6 Å². The highest BCUT2D eigenvalue weighted by Gasteiger charge is 2.31. The first-order chi connectivity index (χ1) is 24.6. The Morgan fingerprint density at radius 2 is 1.73 bits per heavy atom. The van der Waals surface area contributed by atoms with Crippen LogP contribution in [0.1, 0.15) is 19.4 Å². The summed E-state index contributed by atoms with van der Waals surface area (Å²) in [4.78, 5) is 36.8. The molecule has 14 nitrogen and oxygen atoms in total. The first-order valence-corrected chi connectivity index (χ1v) is 16.9. The number of aromatic nitrogens is 2. The smallest absolute Gasteiger partial charge is 0.269 e. The number of hydrogen-bond acceptors (Lipinski definition) is 12. The number of hydrogen-bond donors (Lipinski definition) is 2. The van der Waals surface area contributed by atoms with Gasteiger partial charge >= 0.3 is 0 Å². The number of rotatable bonds is 10. The fourth-order valence-electron chi connectivity index (χ4n) is 5.52. The average molecular weight is 742 g/mol. The number of anilines is 5. The minimum Gasteiger partial charge on any atom is -0.495 e. The van der Waals surface area contributed by atoms with Gasteiger partial charge in [-0.15, -0.1) is 0 Å². The molecule has 2 N–H and O–H groups in total. The number of nitrogens with zero attached hydrogens (tertiary/aromatic N) is 6. The van der Waals surface area contributed by atoms with E-state index in [0.29, 0.717) is 57.9 Å². The van der Waals surface area contributed by atoms with Crippen LogP contribution in [0.25, 0.3) is 0 Å². The lowest BCUT2D eigenvalue weighted by atomic mass is 10.1. The molecule has 1 fully saturated rings. The topological polar surface area (TPSA) is 147 Å². The maximum atomic E-state index is 11.8. The zero-order valence-corrected chi connectivity index (χ0v) is 30.9. The van der Waals surface area contributed by atoms with Crippen molar-refractivity contribution in [3.63, 3.8) is 0 Å². The zero-order chi connectivity index (χ0) is 37.1. The minimum absolute atomic E-state index is 0.00269. The van der Waals surface area contributed by atoms with E-state index in [4.69, 9.17) is 37.4 Å². The summed E-state index contributed by atoms with van der Waals surface area (Å²) >= 11 is 12.0. The maximum absolute atomic E-state index is 11.8. The van der Waals surface area contributed by atoms with Crippen LogP contribution in [-0.4, -0.2) is 86.8 Å². The van der Waals surface area contributed by atoms with E-state index >= 15 is 0 Å². The highest BCUT2D eigenvalue weighted by Crippen LogP contribution is 2.43. The molecule has 0 aliphatic carbocycles. The molecule has 0 bridgehead atoms. The van der Waals surface area contributed by atoms with Gasteiger partial charge in [-0.05, 0) is 24.7 Å². The van der Waals surface area contributed by atoms with Gasteiger partial charge in [-0.2, -0.15) is 0 Å². The number of likely N-dealkylation sites (N-methyl/N-ethyl adjacent to an activating group) is 1. The van der Waals surface area contributed by atoms with Gasteiger partial charge in [0.25, 0.3) is 5.69 Å². The van der Waals surface area contributed by atoms with Crippen LogP contribution in [0.4, 0.5) is 34.4 Å². The van der Waals surface area contributed by atoms with Crippen LogP contribution in [0.2, 0.25) is 10.0 Å². The number of benzene rings is 3. The monoisotopic (exact) mass is 740 g/mol. The molecule has 272 valence electrons. The number of amides is 1. The summed E-state index contributed by atoms with van der Waals surface area (Å²) in [5, 5.41) is 17.9. The number of piperazine rings is 1. The molecule has 16 heteroatoms. The van der Waals surface area contributed by atoms with Crippen LogP contribution >= 0.6 is 23.2 Å². The Morgan fingerprint density at radius 1 is 1.04 bits per heavy atom. The third kappa shape index (κ3) is 9.39. The molecule has 4 aromatic rings. The molecule has 51 heavy (non-hydrogen) atoms. The Morgan fingerprint density at radius 3 is 2.33 bits per heavy atom. The minimum atomic E-state index is -0.459. The Bertz CT molecular complexity index is 1770. The van der Waals surface area contributed by atoms with Gasteiger partial charge in [0, 0.05) is 62.7 Å². The molecule has 1 atom stereocenters. The predicted octanol–water partition coefficient (Wildman–Crippen LogP) is 6.88. The average Bonchev–Trinajstić information content (AvgIpc) is 3.15. The number of non-ortho nitro benzene ring substituents is 1. The quantitative estimate of drug-likeness (QED) is 0.0992. The van der Waals surface area contributed by atoms with E-state index in [9.17, 15) is 14.9 Å².